The van der Waals surface area contributed by atoms with Crippen LogP contribution in [0.4, 0.5) is 14.5 Å². The molecular formula is C17H14F2N2O3. The zero-order valence-corrected chi connectivity index (χ0v) is 12.5. The van der Waals surface area contributed by atoms with E-state index >= 15 is 0 Å². The number of carbonyl (C=O) groups excluding carboxylic acids is 2. The molecule has 0 bridgehead atoms. The summed E-state index contributed by atoms with van der Waals surface area (Å²) < 4.78 is 29.1. The number of rotatable bonds is 5. The number of halogens is 2. The van der Waals surface area contributed by atoms with E-state index in [0.717, 1.165) is 16.8 Å². The fraction of sp³-hybridized carbons (Fsp3) is 0.176. The molecule has 0 saturated heterocycles. The maximum atomic E-state index is 12.4. The van der Waals surface area contributed by atoms with Gasteiger partial charge in [0.25, 0.3) is 5.91 Å². The number of ether oxygens (including phenoxy) is 1. The molecule has 2 aromatic carbocycles. The van der Waals surface area contributed by atoms with Crippen LogP contribution < -0.4 is 15.4 Å². The van der Waals surface area contributed by atoms with Gasteiger partial charge in [-0.25, -0.2) is 0 Å². The molecule has 0 saturated carbocycles. The average molecular weight is 332 g/mol. The Kier molecular flexibility index (Phi) is 4.41. The van der Waals surface area contributed by atoms with Crippen LogP contribution in [0.15, 0.2) is 42.5 Å². The van der Waals surface area contributed by atoms with Gasteiger partial charge in [-0.05, 0) is 29.3 Å². The standard InChI is InChI=1S/C17H14F2N2O3/c18-17(19)24-14-4-2-1-3-12(14)16(23)20-9-10-5-6-13-11(7-10)8-15(22)21-13/h1-7,17H,8-9H2,(H,20,23)(H,21,22). The number of carbonyl (C=O) groups is 2. The Labute approximate surface area is 136 Å². The van der Waals surface area contributed by atoms with Gasteiger partial charge in [0.15, 0.2) is 0 Å². The van der Waals surface area contributed by atoms with Crippen LogP contribution in [-0.2, 0) is 17.8 Å². The molecule has 0 atom stereocenters. The third-order valence-corrected chi connectivity index (χ3v) is 3.60. The second-order valence-corrected chi connectivity index (χ2v) is 5.27. The quantitative estimate of drug-likeness (QED) is 0.885. The molecule has 7 heteroatoms. The van der Waals surface area contributed by atoms with Gasteiger partial charge in [0, 0.05) is 12.2 Å². The van der Waals surface area contributed by atoms with E-state index in [2.05, 4.69) is 15.4 Å². The smallest absolute Gasteiger partial charge is 0.387 e. The maximum Gasteiger partial charge on any atom is 0.387 e. The van der Waals surface area contributed by atoms with E-state index in [1.165, 1.54) is 18.2 Å². The van der Waals surface area contributed by atoms with Crippen LogP contribution in [0.1, 0.15) is 21.5 Å². The second-order valence-electron chi connectivity index (χ2n) is 5.27. The monoisotopic (exact) mass is 332 g/mol. The van der Waals surface area contributed by atoms with Crippen molar-refractivity contribution < 1.29 is 23.1 Å². The van der Waals surface area contributed by atoms with E-state index in [1.807, 2.05) is 6.07 Å². The number of hydrogen-bond acceptors (Lipinski definition) is 3. The van der Waals surface area contributed by atoms with Crippen molar-refractivity contribution in [3.8, 4) is 5.75 Å². The van der Waals surface area contributed by atoms with Gasteiger partial charge < -0.3 is 15.4 Å². The molecule has 0 radical (unpaired) electrons. The first-order chi connectivity index (χ1) is 11.5. The minimum Gasteiger partial charge on any atom is -0.434 e. The summed E-state index contributed by atoms with van der Waals surface area (Å²) in [6.07, 6.45) is 0.308. The third kappa shape index (κ3) is 3.51. The molecule has 3 rings (SSSR count). The van der Waals surface area contributed by atoms with Crippen molar-refractivity contribution in [3.05, 3.63) is 59.2 Å². The molecule has 0 aromatic heterocycles. The highest BCUT2D eigenvalue weighted by atomic mass is 19.3. The van der Waals surface area contributed by atoms with Gasteiger partial charge in [-0.15, -0.1) is 0 Å². The molecule has 124 valence electrons. The van der Waals surface area contributed by atoms with E-state index < -0.39 is 12.5 Å². The summed E-state index contributed by atoms with van der Waals surface area (Å²) in [4.78, 5) is 23.5. The van der Waals surface area contributed by atoms with Crippen LogP contribution in [0.2, 0.25) is 0 Å². The van der Waals surface area contributed by atoms with Crippen LogP contribution in [-0.4, -0.2) is 18.4 Å². The molecule has 0 aliphatic carbocycles. The second kappa shape index (κ2) is 6.66. The van der Waals surface area contributed by atoms with E-state index in [-0.39, 0.29) is 23.8 Å². The topological polar surface area (TPSA) is 67.4 Å². The third-order valence-electron chi connectivity index (χ3n) is 3.60. The first-order valence-corrected chi connectivity index (χ1v) is 7.26. The number of benzene rings is 2. The summed E-state index contributed by atoms with van der Waals surface area (Å²) in [5.41, 5.74) is 2.49. The largest absolute Gasteiger partial charge is 0.434 e. The van der Waals surface area contributed by atoms with E-state index in [9.17, 15) is 18.4 Å². The van der Waals surface area contributed by atoms with E-state index in [4.69, 9.17) is 0 Å². The molecule has 2 amide bonds. The number of para-hydroxylation sites is 1. The van der Waals surface area contributed by atoms with Gasteiger partial charge >= 0.3 is 6.61 Å². The number of hydrogen-bond donors (Lipinski definition) is 2. The minimum absolute atomic E-state index is 0.0378. The summed E-state index contributed by atoms with van der Waals surface area (Å²) in [6.45, 7) is -2.79. The normalized spacial score (nSPS) is 12.7. The van der Waals surface area contributed by atoms with Crippen molar-refractivity contribution >= 4 is 17.5 Å². The number of alkyl halides is 2. The molecule has 0 fully saturated rings. The Bertz CT molecular complexity index is 793. The molecule has 2 aromatic rings. The highest BCUT2D eigenvalue weighted by Crippen LogP contribution is 2.24. The van der Waals surface area contributed by atoms with Gasteiger partial charge in [0.1, 0.15) is 5.75 Å². The fourth-order valence-electron chi connectivity index (χ4n) is 2.52. The molecule has 0 unspecified atom stereocenters. The zero-order valence-electron chi connectivity index (χ0n) is 12.5. The van der Waals surface area contributed by atoms with Crippen LogP contribution >= 0.6 is 0 Å². The van der Waals surface area contributed by atoms with Crippen molar-refractivity contribution in [2.75, 3.05) is 5.32 Å². The van der Waals surface area contributed by atoms with Crippen molar-refractivity contribution in [1.82, 2.24) is 5.32 Å². The number of anilines is 1. The average Bonchev–Trinajstić information content (AvgIpc) is 2.91. The lowest BCUT2D eigenvalue weighted by Gasteiger charge is -2.11. The first kappa shape index (κ1) is 15.9. The van der Waals surface area contributed by atoms with E-state index in [1.54, 1.807) is 18.2 Å². The summed E-state index contributed by atoms with van der Waals surface area (Å²) in [5, 5.41) is 5.39. The number of nitrogens with one attached hydrogen (secondary N) is 2. The lowest BCUT2D eigenvalue weighted by Crippen LogP contribution is -2.23. The molecule has 1 heterocycles. The summed E-state index contributed by atoms with van der Waals surface area (Å²) in [7, 11) is 0. The molecule has 2 N–H and O–H groups in total. The predicted molar refractivity (Wildman–Crippen MR) is 83.0 cm³/mol. The zero-order chi connectivity index (χ0) is 17.1. The van der Waals surface area contributed by atoms with E-state index in [0.29, 0.717) is 6.42 Å². The van der Waals surface area contributed by atoms with Gasteiger partial charge in [0.05, 0.1) is 12.0 Å². The van der Waals surface area contributed by atoms with Crippen molar-refractivity contribution in [2.24, 2.45) is 0 Å². The first-order valence-electron chi connectivity index (χ1n) is 7.26. The Hall–Kier alpha value is -2.96. The summed E-state index contributed by atoms with van der Waals surface area (Å²) >= 11 is 0. The Morgan fingerprint density at radius 2 is 2.04 bits per heavy atom. The summed E-state index contributed by atoms with van der Waals surface area (Å²) in [5.74, 6) is -0.751. The predicted octanol–water partition coefficient (Wildman–Crippen LogP) is 2.71. The Morgan fingerprint density at radius 1 is 1.25 bits per heavy atom. The highest BCUT2D eigenvalue weighted by Gasteiger charge is 2.18. The summed E-state index contributed by atoms with van der Waals surface area (Å²) in [6, 6.07) is 11.2. The fourth-order valence-corrected chi connectivity index (χ4v) is 2.52. The van der Waals surface area contributed by atoms with Crippen molar-refractivity contribution in [2.45, 2.75) is 19.6 Å². The lowest BCUT2D eigenvalue weighted by molar-refractivity contribution is -0.115. The van der Waals surface area contributed by atoms with Crippen LogP contribution in [0.3, 0.4) is 0 Å². The van der Waals surface area contributed by atoms with Crippen LogP contribution in [0, 0.1) is 0 Å². The number of amides is 2. The number of fused-ring (bicyclic) bond motifs is 1. The Morgan fingerprint density at radius 3 is 2.83 bits per heavy atom. The lowest BCUT2D eigenvalue weighted by atomic mass is 10.1. The van der Waals surface area contributed by atoms with Gasteiger partial charge in [-0.2, -0.15) is 8.78 Å². The van der Waals surface area contributed by atoms with Crippen LogP contribution in [0.25, 0.3) is 0 Å². The molecule has 5 nitrogen and oxygen atoms in total. The van der Waals surface area contributed by atoms with Crippen molar-refractivity contribution in [3.63, 3.8) is 0 Å². The Balaban J connectivity index is 1.68. The SMILES string of the molecule is O=C1Cc2cc(CNC(=O)c3ccccc3OC(F)F)ccc2N1. The molecule has 1 aliphatic rings. The minimum atomic E-state index is -3.00. The maximum absolute atomic E-state index is 12.4. The van der Waals surface area contributed by atoms with Crippen molar-refractivity contribution in [1.29, 1.82) is 0 Å². The van der Waals surface area contributed by atoms with Crippen LogP contribution in [0.5, 0.6) is 5.75 Å². The molecule has 24 heavy (non-hydrogen) atoms. The van der Waals surface area contributed by atoms with Gasteiger partial charge in [0.2, 0.25) is 5.91 Å². The van der Waals surface area contributed by atoms with Gasteiger partial charge in [-0.3, -0.25) is 9.59 Å². The molecule has 0 spiro atoms. The molecular weight excluding hydrogens is 318 g/mol. The molecule has 1 aliphatic heterocycles. The van der Waals surface area contributed by atoms with Gasteiger partial charge in [-0.1, -0.05) is 24.3 Å². The highest BCUT2D eigenvalue weighted by molar-refractivity contribution is 5.99.